The summed E-state index contributed by atoms with van der Waals surface area (Å²) in [4.78, 5) is 12.7. The molecule has 2 atom stereocenters. The number of carboxylic acid groups (broad SMARTS) is 1. The maximum atomic E-state index is 11.6. The highest BCUT2D eigenvalue weighted by atomic mass is 32.2. The zero-order chi connectivity index (χ0) is 15.6. The standard InChI is InChI=1S/C14H19NO5S/c1-10(12-4-2-3-5-13(12)16)15(8-14(17)18)11-6-7-21(19,20)9-11/h2-5,10-11,16H,6-9H2,1H3,(H,17,18). The Morgan fingerprint density at radius 2 is 2.10 bits per heavy atom. The third-order valence-electron chi connectivity index (χ3n) is 3.88. The maximum absolute atomic E-state index is 11.6. The zero-order valence-corrected chi connectivity index (χ0v) is 12.6. The van der Waals surface area contributed by atoms with E-state index in [9.17, 15) is 18.3 Å². The van der Waals surface area contributed by atoms with Crippen LogP contribution in [0.1, 0.15) is 24.9 Å². The van der Waals surface area contributed by atoms with Gasteiger partial charge in [0.1, 0.15) is 5.75 Å². The maximum Gasteiger partial charge on any atom is 0.317 e. The zero-order valence-electron chi connectivity index (χ0n) is 11.8. The van der Waals surface area contributed by atoms with E-state index in [0.29, 0.717) is 12.0 Å². The first kappa shape index (κ1) is 15.8. The molecule has 0 amide bonds. The highest BCUT2D eigenvalue weighted by Crippen LogP contribution is 2.32. The number of sulfone groups is 1. The van der Waals surface area contributed by atoms with Crippen LogP contribution in [0.3, 0.4) is 0 Å². The molecule has 0 aliphatic carbocycles. The van der Waals surface area contributed by atoms with Gasteiger partial charge >= 0.3 is 5.97 Å². The van der Waals surface area contributed by atoms with Crippen molar-refractivity contribution in [3.63, 3.8) is 0 Å². The number of phenolic OH excluding ortho intramolecular Hbond substituents is 1. The van der Waals surface area contributed by atoms with Crippen LogP contribution < -0.4 is 0 Å². The molecule has 0 saturated carbocycles. The Morgan fingerprint density at radius 3 is 2.62 bits per heavy atom. The number of carboxylic acids is 1. The smallest absolute Gasteiger partial charge is 0.317 e. The third kappa shape index (κ3) is 3.74. The van der Waals surface area contributed by atoms with Crippen molar-refractivity contribution in [2.75, 3.05) is 18.1 Å². The summed E-state index contributed by atoms with van der Waals surface area (Å²) in [5.41, 5.74) is 0.600. The number of benzene rings is 1. The first-order chi connectivity index (χ1) is 9.80. The molecule has 21 heavy (non-hydrogen) atoms. The Hall–Kier alpha value is -1.60. The Bertz CT molecular complexity index is 628. The minimum absolute atomic E-state index is 0.0295. The molecule has 2 N–H and O–H groups in total. The van der Waals surface area contributed by atoms with Crippen LogP contribution in [-0.2, 0) is 14.6 Å². The first-order valence-electron chi connectivity index (χ1n) is 6.76. The van der Waals surface area contributed by atoms with E-state index < -0.39 is 15.8 Å². The van der Waals surface area contributed by atoms with Crippen LogP contribution in [0.4, 0.5) is 0 Å². The molecule has 1 saturated heterocycles. The Kier molecular flexibility index (Phi) is 4.53. The van der Waals surface area contributed by atoms with Gasteiger partial charge in [0, 0.05) is 17.6 Å². The van der Waals surface area contributed by atoms with Crippen molar-refractivity contribution < 1.29 is 23.4 Å². The number of para-hydroxylation sites is 1. The van der Waals surface area contributed by atoms with Gasteiger partial charge in [0.15, 0.2) is 9.84 Å². The second-order valence-corrected chi connectivity index (χ2v) is 7.59. The highest BCUT2D eigenvalue weighted by molar-refractivity contribution is 7.91. The number of hydrogen-bond donors (Lipinski definition) is 2. The molecular formula is C14H19NO5S. The topological polar surface area (TPSA) is 94.9 Å². The predicted molar refractivity (Wildman–Crippen MR) is 77.9 cm³/mol. The van der Waals surface area contributed by atoms with E-state index in [1.54, 1.807) is 30.0 Å². The van der Waals surface area contributed by atoms with Crippen LogP contribution in [0, 0.1) is 0 Å². The van der Waals surface area contributed by atoms with Gasteiger partial charge in [-0.25, -0.2) is 8.42 Å². The molecule has 6 nitrogen and oxygen atoms in total. The number of phenols is 1. The fourth-order valence-corrected chi connectivity index (χ4v) is 4.54. The lowest BCUT2D eigenvalue weighted by molar-refractivity contribution is -0.139. The Labute approximate surface area is 123 Å². The molecule has 1 fully saturated rings. The summed E-state index contributed by atoms with van der Waals surface area (Å²) in [7, 11) is -3.10. The van der Waals surface area contributed by atoms with Crippen molar-refractivity contribution in [3.8, 4) is 5.75 Å². The van der Waals surface area contributed by atoms with Crippen molar-refractivity contribution >= 4 is 15.8 Å². The summed E-state index contributed by atoms with van der Waals surface area (Å²) in [6, 6.07) is 6.00. The van der Waals surface area contributed by atoms with E-state index in [1.165, 1.54) is 6.07 Å². The van der Waals surface area contributed by atoms with Gasteiger partial charge in [0.25, 0.3) is 0 Å². The third-order valence-corrected chi connectivity index (χ3v) is 5.63. The van der Waals surface area contributed by atoms with E-state index in [-0.39, 0.29) is 35.9 Å². The molecule has 1 aliphatic heterocycles. The fourth-order valence-electron chi connectivity index (χ4n) is 2.79. The molecule has 1 aromatic carbocycles. The normalized spacial score (nSPS) is 22.3. The van der Waals surface area contributed by atoms with Gasteiger partial charge in [-0.2, -0.15) is 0 Å². The quantitative estimate of drug-likeness (QED) is 0.843. The minimum atomic E-state index is -3.10. The van der Waals surface area contributed by atoms with Crippen LogP contribution in [-0.4, -0.2) is 53.6 Å². The molecule has 116 valence electrons. The predicted octanol–water partition coefficient (Wildman–Crippen LogP) is 1.03. The van der Waals surface area contributed by atoms with Crippen molar-refractivity contribution in [1.29, 1.82) is 0 Å². The Balaban J connectivity index is 2.28. The molecule has 2 rings (SSSR count). The summed E-state index contributed by atoms with van der Waals surface area (Å²) in [5.74, 6) is -0.873. The number of hydrogen-bond acceptors (Lipinski definition) is 5. The lowest BCUT2D eigenvalue weighted by Crippen LogP contribution is -2.41. The SMILES string of the molecule is CC(c1ccccc1O)N(CC(=O)O)C1CCS(=O)(=O)C1. The van der Waals surface area contributed by atoms with Crippen molar-refractivity contribution in [1.82, 2.24) is 4.90 Å². The van der Waals surface area contributed by atoms with E-state index in [1.807, 2.05) is 0 Å². The van der Waals surface area contributed by atoms with Crippen molar-refractivity contribution in [2.24, 2.45) is 0 Å². The molecule has 1 aliphatic rings. The van der Waals surface area contributed by atoms with Gasteiger partial charge < -0.3 is 10.2 Å². The molecule has 7 heteroatoms. The first-order valence-corrected chi connectivity index (χ1v) is 8.58. The van der Waals surface area contributed by atoms with E-state index >= 15 is 0 Å². The van der Waals surface area contributed by atoms with E-state index in [2.05, 4.69) is 0 Å². The summed E-state index contributed by atoms with van der Waals surface area (Å²) in [6.07, 6.45) is 0.424. The van der Waals surface area contributed by atoms with Gasteiger partial charge in [-0.15, -0.1) is 0 Å². The number of aromatic hydroxyl groups is 1. The van der Waals surface area contributed by atoms with Crippen LogP contribution in [0.15, 0.2) is 24.3 Å². The summed E-state index contributed by atoms with van der Waals surface area (Å²) >= 11 is 0. The second kappa shape index (κ2) is 6.03. The Morgan fingerprint density at radius 1 is 1.43 bits per heavy atom. The lowest BCUT2D eigenvalue weighted by Gasteiger charge is -2.33. The van der Waals surface area contributed by atoms with Gasteiger partial charge in [0.05, 0.1) is 18.1 Å². The average Bonchev–Trinajstić information content (AvgIpc) is 2.76. The van der Waals surface area contributed by atoms with Crippen LogP contribution in [0.25, 0.3) is 0 Å². The van der Waals surface area contributed by atoms with Crippen LogP contribution in [0.5, 0.6) is 5.75 Å². The molecular weight excluding hydrogens is 294 g/mol. The fraction of sp³-hybridized carbons (Fsp3) is 0.500. The number of aliphatic carboxylic acids is 1. The second-order valence-electron chi connectivity index (χ2n) is 5.36. The molecule has 1 aromatic rings. The summed E-state index contributed by atoms with van der Waals surface area (Å²) in [5, 5.41) is 19.0. The molecule has 0 bridgehead atoms. The summed E-state index contributed by atoms with van der Waals surface area (Å²) in [6.45, 7) is 1.53. The van der Waals surface area contributed by atoms with Gasteiger partial charge in [0.2, 0.25) is 0 Å². The van der Waals surface area contributed by atoms with Gasteiger partial charge in [-0.1, -0.05) is 18.2 Å². The molecule has 0 radical (unpaired) electrons. The van der Waals surface area contributed by atoms with Crippen molar-refractivity contribution in [3.05, 3.63) is 29.8 Å². The molecule has 2 unspecified atom stereocenters. The lowest BCUT2D eigenvalue weighted by atomic mass is 10.0. The average molecular weight is 313 g/mol. The van der Waals surface area contributed by atoms with E-state index in [0.717, 1.165) is 0 Å². The van der Waals surface area contributed by atoms with Crippen LogP contribution in [0.2, 0.25) is 0 Å². The van der Waals surface area contributed by atoms with Gasteiger partial charge in [-0.3, -0.25) is 9.69 Å². The molecule has 0 aromatic heterocycles. The van der Waals surface area contributed by atoms with Crippen LogP contribution >= 0.6 is 0 Å². The van der Waals surface area contributed by atoms with E-state index in [4.69, 9.17) is 5.11 Å². The minimum Gasteiger partial charge on any atom is -0.508 e. The number of carbonyl (C=O) groups is 1. The number of rotatable bonds is 5. The van der Waals surface area contributed by atoms with Crippen molar-refractivity contribution in [2.45, 2.75) is 25.4 Å². The highest BCUT2D eigenvalue weighted by Gasteiger charge is 2.36. The molecule has 1 heterocycles. The number of nitrogens with zero attached hydrogens (tertiary/aromatic N) is 1. The molecule has 0 spiro atoms. The van der Waals surface area contributed by atoms with Gasteiger partial charge in [-0.05, 0) is 19.4 Å². The largest absolute Gasteiger partial charge is 0.508 e. The summed E-state index contributed by atoms with van der Waals surface area (Å²) < 4.78 is 23.3. The monoisotopic (exact) mass is 313 g/mol.